The fourth-order valence-corrected chi connectivity index (χ4v) is 2.31. The van der Waals surface area contributed by atoms with Gasteiger partial charge in [-0.3, -0.25) is 10.1 Å². The first-order valence-corrected chi connectivity index (χ1v) is 6.21. The molecule has 1 aromatic rings. The maximum absolute atomic E-state index is 10.9. The molecule has 6 nitrogen and oxygen atoms in total. The zero-order valence-electron chi connectivity index (χ0n) is 10.4. The molecule has 0 aliphatic heterocycles. The molecule has 1 saturated carbocycles. The summed E-state index contributed by atoms with van der Waals surface area (Å²) in [5.74, 6) is 0.421. The third kappa shape index (κ3) is 3.20. The fraction of sp³-hybridized carbons (Fsp3) is 0.462. The van der Waals surface area contributed by atoms with Gasteiger partial charge in [-0.2, -0.15) is 5.26 Å². The molecule has 0 bridgehead atoms. The highest BCUT2D eigenvalue weighted by atomic mass is 16.6. The molecule has 0 heterocycles. The Labute approximate surface area is 110 Å². The van der Waals surface area contributed by atoms with Crippen LogP contribution in [0.4, 0.5) is 5.69 Å². The molecule has 2 unspecified atom stereocenters. The van der Waals surface area contributed by atoms with Gasteiger partial charge in [-0.25, -0.2) is 0 Å². The number of nitro groups is 1. The molecule has 0 aromatic heterocycles. The van der Waals surface area contributed by atoms with Gasteiger partial charge in [0, 0.05) is 6.04 Å². The van der Waals surface area contributed by atoms with Crippen LogP contribution < -0.4 is 10.5 Å². The van der Waals surface area contributed by atoms with Crippen LogP contribution in [0.25, 0.3) is 0 Å². The van der Waals surface area contributed by atoms with Crippen LogP contribution in [0.3, 0.4) is 0 Å². The second kappa shape index (κ2) is 5.67. The van der Waals surface area contributed by atoms with E-state index in [0.29, 0.717) is 5.75 Å². The molecule has 19 heavy (non-hydrogen) atoms. The quantitative estimate of drug-likeness (QED) is 0.663. The first kappa shape index (κ1) is 13.3. The highest BCUT2D eigenvalue weighted by Crippen LogP contribution is 2.27. The average Bonchev–Trinajstić information content (AvgIpc) is 2.38. The molecule has 1 aromatic carbocycles. The number of hydrogen-bond acceptors (Lipinski definition) is 5. The molecule has 6 heteroatoms. The zero-order chi connectivity index (χ0) is 13.8. The summed E-state index contributed by atoms with van der Waals surface area (Å²) in [6, 6.07) is 6.24. The number of nitro benzene ring substituents is 1. The Morgan fingerprint density at radius 3 is 2.89 bits per heavy atom. The summed E-state index contributed by atoms with van der Waals surface area (Å²) in [6.07, 6.45) is 3.66. The van der Waals surface area contributed by atoms with Crippen LogP contribution in [-0.2, 0) is 0 Å². The van der Waals surface area contributed by atoms with E-state index in [9.17, 15) is 10.1 Å². The standard InChI is InChI=1S/C13H15N3O3/c14-8-9-4-5-12(7-13(9)16(17)18)19-11-3-1-2-10(15)6-11/h4-5,7,10-11H,1-3,6,15H2. The van der Waals surface area contributed by atoms with Gasteiger partial charge >= 0.3 is 0 Å². The maximum atomic E-state index is 10.9. The lowest BCUT2D eigenvalue weighted by Crippen LogP contribution is -2.33. The van der Waals surface area contributed by atoms with E-state index < -0.39 is 4.92 Å². The molecular formula is C13H15N3O3. The van der Waals surface area contributed by atoms with Crippen LogP contribution in [0.5, 0.6) is 5.75 Å². The van der Waals surface area contributed by atoms with Gasteiger partial charge in [0.1, 0.15) is 23.5 Å². The van der Waals surface area contributed by atoms with Crippen LogP contribution in [0.2, 0.25) is 0 Å². The van der Waals surface area contributed by atoms with Gasteiger partial charge in [-0.05, 0) is 37.8 Å². The Balaban J connectivity index is 2.15. The van der Waals surface area contributed by atoms with Gasteiger partial charge in [-0.1, -0.05) is 0 Å². The highest BCUT2D eigenvalue weighted by molar-refractivity contribution is 5.52. The molecule has 1 aliphatic carbocycles. The number of rotatable bonds is 3. The summed E-state index contributed by atoms with van der Waals surface area (Å²) >= 11 is 0. The van der Waals surface area contributed by atoms with Crippen molar-refractivity contribution in [2.45, 2.75) is 37.8 Å². The number of ether oxygens (including phenoxy) is 1. The van der Waals surface area contributed by atoms with Crippen molar-refractivity contribution in [1.29, 1.82) is 5.26 Å². The van der Waals surface area contributed by atoms with E-state index in [4.69, 9.17) is 15.7 Å². The minimum Gasteiger partial charge on any atom is -0.490 e. The second-order valence-corrected chi connectivity index (χ2v) is 4.71. The molecule has 1 aliphatic rings. The highest BCUT2D eigenvalue weighted by Gasteiger charge is 2.22. The van der Waals surface area contributed by atoms with Crippen molar-refractivity contribution < 1.29 is 9.66 Å². The van der Waals surface area contributed by atoms with Gasteiger partial charge in [0.2, 0.25) is 0 Å². The Morgan fingerprint density at radius 2 is 2.26 bits per heavy atom. The van der Waals surface area contributed by atoms with E-state index in [-0.39, 0.29) is 23.4 Å². The molecule has 2 rings (SSSR count). The number of hydrogen-bond donors (Lipinski definition) is 1. The first-order chi connectivity index (χ1) is 9.10. The molecular weight excluding hydrogens is 246 g/mol. The van der Waals surface area contributed by atoms with Crippen molar-refractivity contribution in [2.24, 2.45) is 5.73 Å². The molecule has 0 amide bonds. The molecule has 2 atom stereocenters. The Kier molecular flexibility index (Phi) is 3.97. The molecule has 100 valence electrons. The van der Waals surface area contributed by atoms with Crippen LogP contribution in [0, 0.1) is 21.4 Å². The smallest absolute Gasteiger partial charge is 0.290 e. The van der Waals surface area contributed by atoms with E-state index in [1.54, 1.807) is 12.1 Å². The number of nitrogens with two attached hydrogens (primary N) is 1. The summed E-state index contributed by atoms with van der Waals surface area (Å²) in [4.78, 5) is 10.3. The summed E-state index contributed by atoms with van der Waals surface area (Å²) in [5, 5.41) is 19.7. The van der Waals surface area contributed by atoms with Crippen molar-refractivity contribution in [3.8, 4) is 11.8 Å². The van der Waals surface area contributed by atoms with Gasteiger partial charge in [0.05, 0.1) is 11.0 Å². The average molecular weight is 261 g/mol. The van der Waals surface area contributed by atoms with Crippen LogP contribution in [0.1, 0.15) is 31.2 Å². The van der Waals surface area contributed by atoms with Crippen molar-refractivity contribution in [2.75, 3.05) is 0 Å². The topological polar surface area (TPSA) is 102 Å². The summed E-state index contributed by atoms with van der Waals surface area (Å²) in [7, 11) is 0. The monoisotopic (exact) mass is 261 g/mol. The summed E-state index contributed by atoms with van der Waals surface area (Å²) in [6.45, 7) is 0. The van der Waals surface area contributed by atoms with E-state index in [1.165, 1.54) is 12.1 Å². The van der Waals surface area contributed by atoms with Crippen LogP contribution in [0.15, 0.2) is 18.2 Å². The summed E-state index contributed by atoms with van der Waals surface area (Å²) < 4.78 is 5.72. The van der Waals surface area contributed by atoms with Gasteiger partial charge in [-0.15, -0.1) is 0 Å². The minimum absolute atomic E-state index is 0.00344. The Bertz CT molecular complexity index is 524. The van der Waals surface area contributed by atoms with Gasteiger partial charge < -0.3 is 10.5 Å². The predicted molar refractivity (Wildman–Crippen MR) is 68.7 cm³/mol. The lowest BCUT2D eigenvalue weighted by molar-refractivity contribution is -0.385. The Hall–Kier alpha value is -2.13. The maximum Gasteiger partial charge on any atom is 0.290 e. The molecule has 0 radical (unpaired) electrons. The third-order valence-corrected chi connectivity index (χ3v) is 3.26. The van der Waals surface area contributed by atoms with E-state index in [2.05, 4.69) is 0 Å². The van der Waals surface area contributed by atoms with Gasteiger partial charge in [0.15, 0.2) is 0 Å². The molecule has 0 saturated heterocycles. The predicted octanol–water partition coefficient (Wildman–Crippen LogP) is 2.12. The number of nitrogens with zero attached hydrogens (tertiary/aromatic N) is 2. The fourth-order valence-electron chi connectivity index (χ4n) is 2.31. The van der Waals surface area contributed by atoms with Crippen molar-refractivity contribution >= 4 is 5.69 Å². The molecule has 1 fully saturated rings. The summed E-state index contributed by atoms with van der Waals surface area (Å²) in [5.41, 5.74) is 5.69. The van der Waals surface area contributed by atoms with E-state index in [1.807, 2.05) is 0 Å². The number of nitriles is 1. The second-order valence-electron chi connectivity index (χ2n) is 4.71. The largest absolute Gasteiger partial charge is 0.490 e. The SMILES string of the molecule is N#Cc1ccc(OC2CCCC(N)C2)cc1[N+](=O)[O-]. The van der Waals surface area contributed by atoms with Crippen molar-refractivity contribution in [3.63, 3.8) is 0 Å². The molecule has 0 spiro atoms. The third-order valence-electron chi connectivity index (χ3n) is 3.26. The van der Waals surface area contributed by atoms with Crippen LogP contribution >= 0.6 is 0 Å². The van der Waals surface area contributed by atoms with Crippen LogP contribution in [-0.4, -0.2) is 17.1 Å². The van der Waals surface area contributed by atoms with Gasteiger partial charge in [0.25, 0.3) is 5.69 Å². The number of benzene rings is 1. The first-order valence-electron chi connectivity index (χ1n) is 6.21. The van der Waals surface area contributed by atoms with Crippen molar-refractivity contribution in [1.82, 2.24) is 0 Å². The van der Waals surface area contributed by atoms with E-state index >= 15 is 0 Å². The Morgan fingerprint density at radius 1 is 1.47 bits per heavy atom. The zero-order valence-corrected chi connectivity index (χ0v) is 10.4. The molecule has 2 N–H and O–H groups in total. The minimum atomic E-state index is -0.571. The normalized spacial score (nSPS) is 22.5. The lowest BCUT2D eigenvalue weighted by Gasteiger charge is -2.27. The van der Waals surface area contributed by atoms with E-state index in [0.717, 1.165) is 25.7 Å². The van der Waals surface area contributed by atoms with Crippen molar-refractivity contribution in [3.05, 3.63) is 33.9 Å². The lowest BCUT2D eigenvalue weighted by atomic mass is 9.93.